The van der Waals surface area contributed by atoms with Crippen LogP contribution in [0.25, 0.3) is 0 Å². The van der Waals surface area contributed by atoms with Crippen LogP contribution in [0.1, 0.15) is 18.4 Å². The number of carbonyl (C=O) groups is 1. The van der Waals surface area contributed by atoms with E-state index in [9.17, 15) is 4.79 Å². The molecule has 3 heterocycles. The molecular weight excluding hydrogens is 284 g/mol. The summed E-state index contributed by atoms with van der Waals surface area (Å²) in [7, 11) is 0. The highest BCUT2D eigenvalue weighted by Crippen LogP contribution is 2.15. The maximum absolute atomic E-state index is 12.1. The number of rotatable bonds is 6. The van der Waals surface area contributed by atoms with Crippen molar-refractivity contribution in [1.82, 2.24) is 20.4 Å². The molecule has 2 atom stereocenters. The predicted octanol–water partition coefficient (Wildman–Crippen LogP) is -0.0518. The first kappa shape index (κ1) is 15.5. The smallest absolute Gasteiger partial charge is 0.220 e. The molecule has 2 aliphatic heterocycles. The predicted molar refractivity (Wildman–Crippen MR) is 80.5 cm³/mol. The fourth-order valence-electron chi connectivity index (χ4n) is 3.10. The minimum atomic E-state index is 0.0968. The van der Waals surface area contributed by atoms with Gasteiger partial charge in [-0.3, -0.25) is 14.8 Å². The van der Waals surface area contributed by atoms with Gasteiger partial charge in [0.2, 0.25) is 5.91 Å². The summed E-state index contributed by atoms with van der Waals surface area (Å²) < 4.78 is 11.0. The topological polar surface area (TPSA) is 79.5 Å². The van der Waals surface area contributed by atoms with Gasteiger partial charge in [-0.25, -0.2) is 0 Å². The van der Waals surface area contributed by atoms with E-state index in [0.717, 1.165) is 44.7 Å². The zero-order chi connectivity index (χ0) is 15.2. The second kappa shape index (κ2) is 7.71. The summed E-state index contributed by atoms with van der Waals surface area (Å²) in [6.07, 6.45) is 5.92. The normalized spacial score (nSPS) is 26.2. The standard InChI is InChI=1S/C15H24N4O3/c20-15(3-1-2-12-8-16-17-9-12)18-13-10-22-11-14(13)19-4-6-21-7-5-19/h8-9,13-14H,1-7,10-11H2,(H,16,17)(H,18,20)/t13-,14-/m0/s1. The lowest BCUT2D eigenvalue weighted by atomic mass is 10.1. The average Bonchev–Trinajstić information content (AvgIpc) is 3.20. The minimum Gasteiger partial charge on any atom is -0.379 e. The van der Waals surface area contributed by atoms with E-state index in [2.05, 4.69) is 20.4 Å². The van der Waals surface area contributed by atoms with Crippen LogP contribution < -0.4 is 5.32 Å². The van der Waals surface area contributed by atoms with Gasteiger partial charge in [0, 0.05) is 25.7 Å². The number of carbonyl (C=O) groups excluding carboxylic acids is 1. The average molecular weight is 308 g/mol. The molecule has 7 heteroatoms. The first-order chi connectivity index (χ1) is 10.8. The third kappa shape index (κ3) is 4.06. The van der Waals surface area contributed by atoms with Gasteiger partial charge >= 0.3 is 0 Å². The molecule has 0 radical (unpaired) electrons. The third-order valence-corrected chi connectivity index (χ3v) is 4.34. The monoisotopic (exact) mass is 308 g/mol. The number of morpholine rings is 1. The number of hydrogen-bond donors (Lipinski definition) is 2. The molecular formula is C15H24N4O3. The maximum atomic E-state index is 12.1. The Morgan fingerprint density at radius 2 is 2.23 bits per heavy atom. The zero-order valence-electron chi connectivity index (χ0n) is 12.8. The molecule has 2 aliphatic rings. The van der Waals surface area contributed by atoms with Gasteiger partial charge in [-0.05, 0) is 18.4 Å². The highest BCUT2D eigenvalue weighted by molar-refractivity contribution is 5.76. The van der Waals surface area contributed by atoms with E-state index < -0.39 is 0 Å². The molecule has 0 bridgehead atoms. The Hall–Kier alpha value is -1.44. The molecule has 0 unspecified atom stereocenters. The van der Waals surface area contributed by atoms with Gasteiger partial charge in [0.05, 0.1) is 44.7 Å². The molecule has 0 spiro atoms. The molecule has 2 saturated heterocycles. The number of H-pyrrole nitrogens is 1. The number of aromatic nitrogens is 2. The molecule has 0 saturated carbocycles. The molecule has 22 heavy (non-hydrogen) atoms. The first-order valence-corrected chi connectivity index (χ1v) is 7.99. The van der Waals surface area contributed by atoms with Crippen LogP contribution in [0.3, 0.4) is 0 Å². The van der Waals surface area contributed by atoms with E-state index in [0.29, 0.717) is 19.6 Å². The number of hydrogen-bond acceptors (Lipinski definition) is 5. The van der Waals surface area contributed by atoms with Crippen molar-refractivity contribution in [1.29, 1.82) is 0 Å². The van der Waals surface area contributed by atoms with Gasteiger partial charge < -0.3 is 14.8 Å². The molecule has 2 fully saturated rings. The summed E-state index contributed by atoms with van der Waals surface area (Å²) in [4.78, 5) is 14.5. The number of nitrogens with one attached hydrogen (secondary N) is 2. The van der Waals surface area contributed by atoms with Crippen molar-refractivity contribution in [2.24, 2.45) is 0 Å². The summed E-state index contributed by atoms with van der Waals surface area (Å²) in [5, 5.41) is 9.83. The highest BCUT2D eigenvalue weighted by atomic mass is 16.5. The van der Waals surface area contributed by atoms with Gasteiger partial charge in [0.25, 0.3) is 0 Å². The Labute approximate surface area is 130 Å². The summed E-state index contributed by atoms with van der Waals surface area (Å²) in [5.41, 5.74) is 1.14. The van der Waals surface area contributed by atoms with Gasteiger partial charge in [-0.1, -0.05) is 0 Å². The van der Waals surface area contributed by atoms with Crippen molar-refractivity contribution in [3.63, 3.8) is 0 Å². The second-order valence-electron chi connectivity index (χ2n) is 5.89. The van der Waals surface area contributed by atoms with E-state index in [-0.39, 0.29) is 18.0 Å². The second-order valence-corrected chi connectivity index (χ2v) is 5.89. The summed E-state index contributed by atoms with van der Waals surface area (Å²) >= 11 is 0. The zero-order valence-corrected chi connectivity index (χ0v) is 12.8. The van der Waals surface area contributed by atoms with Crippen molar-refractivity contribution in [2.45, 2.75) is 31.3 Å². The molecule has 2 N–H and O–H groups in total. The Bertz CT molecular complexity index is 459. The van der Waals surface area contributed by atoms with Crippen molar-refractivity contribution in [3.8, 4) is 0 Å². The molecule has 1 amide bonds. The molecule has 1 aromatic rings. The van der Waals surface area contributed by atoms with Crippen LogP contribution in [0.15, 0.2) is 12.4 Å². The lowest BCUT2D eigenvalue weighted by molar-refractivity contribution is -0.122. The minimum absolute atomic E-state index is 0.0968. The van der Waals surface area contributed by atoms with Crippen LogP contribution in [0.5, 0.6) is 0 Å². The number of amides is 1. The van der Waals surface area contributed by atoms with Gasteiger partial charge in [0.15, 0.2) is 0 Å². The van der Waals surface area contributed by atoms with Crippen molar-refractivity contribution in [3.05, 3.63) is 18.0 Å². The molecule has 0 aromatic carbocycles. The van der Waals surface area contributed by atoms with Crippen molar-refractivity contribution >= 4 is 5.91 Å². The van der Waals surface area contributed by atoms with Crippen LogP contribution in [0.4, 0.5) is 0 Å². The SMILES string of the molecule is O=C(CCCc1cn[nH]c1)N[C@H]1COC[C@@H]1N1CCOCC1. The number of ether oxygens (including phenoxy) is 2. The largest absolute Gasteiger partial charge is 0.379 e. The van der Waals surface area contributed by atoms with Crippen molar-refractivity contribution < 1.29 is 14.3 Å². The maximum Gasteiger partial charge on any atom is 0.220 e. The summed E-state index contributed by atoms with van der Waals surface area (Å²) in [6.45, 7) is 4.67. The van der Waals surface area contributed by atoms with Crippen LogP contribution in [0.2, 0.25) is 0 Å². The van der Waals surface area contributed by atoms with E-state index >= 15 is 0 Å². The van der Waals surface area contributed by atoms with Crippen LogP contribution >= 0.6 is 0 Å². The van der Waals surface area contributed by atoms with Crippen LogP contribution in [-0.4, -0.2) is 72.6 Å². The lowest BCUT2D eigenvalue weighted by Gasteiger charge is -2.34. The Morgan fingerprint density at radius 1 is 1.36 bits per heavy atom. The highest BCUT2D eigenvalue weighted by Gasteiger charge is 2.34. The van der Waals surface area contributed by atoms with Gasteiger partial charge in [-0.2, -0.15) is 5.10 Å². The summed E-state index contributed by atoms with van der Waals surface area (Å²) in [6, 6.07) is 0.376. The molecule has 0 aliphatic carbocycles. The third-order valence-electron chi connectivity index (χ3n) is 4.34. The van der Waals surface area contributed by atoms with Gasteiger partial charge in [-0.15, -0.1) is 0 Å². The Morgan fingerprint density at radius 3 is 3.00 bits per heavy atom. The van der Waals surface area contributed by atoms with E-state index in [1.165, 1.54) is 0 Å². The molecule has 122 valence electrons. The number of nitrogens with zero attached hydrogens (tertiary/aromatic N) is 2. The van der Waals surface area contributed by atoms with Gasteiger partial charge in [0.1, 0.15) is 0 Å². The Balaban J connectivity index is 1.41. The number of aromatic amines is 1. The summed E-state index contributed by atoms with van der Waals surface area (Å²) in [5.74, 6) is 0.109. The number of aryl methyl sites for hydroxylation is 1. The fourth-order valence-corrected chi connectivity index (χ4v) is 3.10. The molecule has 1 aromatic heterocycles. The molecule has 7 nitrogen and oxygen atoms in total. The van der Waals surface area contributed by atoms with Crippen LogP contribution in [0, 0.1) is 0 Å². The van der Waals surface area contributed by atoms with Crippen LogP contribution in [-0.2, 0) is 20.7 Å². The quantitative estimate of drug-likeness (QED) is 0.770. The van der Waals surface area contributed by atoms with E-state index in [4.69, 9.17) is 9.47 Å². The fraction of sp³-hybridized carbons (Fsp3) is 0.733. The first-order valence-electron chi connectivity index (χ1n) is 7.99. The molecule has 3 rings (SSSR count). The van der Waals surface area contributed by atoms with E-state index in [1.54, 1.807) is 6.20 Å². The Kier molecular flexibility index (Phi) is 5.42. The van der Waals surface area contributed by atoms with Crippen molar-refractivity contribution in [2.75, 3.05) is 39.5 Å². The lowest BCUT2D eigenvalue weighted by Crippen LogP contribution is -2.54. The van der Waals surface area contributed by atoms with E-state index in [1.807, 2.05) is 6.20 Å².